The fraction of sp³-hybridized carbons (Fsp3) is 0.429. The Morgan fingerprint density at radius 1 is 1.43 bits per heavy atom. The van der Waals surface area contributed by atoms with E-state index in [4.69, 9.17) is 4.74 Å². The molecule has 0 saturated heterocycles. The van der Waals surface area contributed by atoms with Crippen molar-refractivity contribution in [3.63, 3.8) is 0 Å². The molecule has 0 atom stereocenters. The fourth-order valence-electron chi connectivity index (χ4n) is 1.72. The lowest BCUT2D eigenvalue weighted by atomic mass is 10.2. The first-order valence-electron chi connectivity index (χ1n) is 7.04. The molecule has 0 fully saturated rings. The highest BCUT2D eigenvalue weighted by Crippen LogP contribution is 2.16. The number of carbonyl (C=O) groups excluding carboxylic acids is 3. The first-order valence-corrected chi connectivity index (χ1v) is 9.08. The van der Waals surface area contributed by atoms with E-state index in [2.05, 4.69) is 21.9 Å². The van der Waals surface area contributed by atoms with Crippen molar-refractivity contribution in [3.05, 3.63) is 22.4 Å². The molecule has 0 saturated carbocycles. The van der Waals surface area contributed by atoms with Gasteiger partial charge in [-0.15, -0.1) is 11.3 Å². The van der Waals surface area contributed by atoms with Gasteiger partial charge in [-0.25, -0.2) is 10.2 Å². The highest BCUT2D eigenvalue weighted by Gasteiger charge is 2.20. The molecule has 2 rings (SSSR count). The van der Waals surface area contributed by atoms with E-state index >= 15 is 0 Å². The van der Waals surface area contributed by atoms with Crippen LogP contribution in [0.1, 0.15) is 17.7 Å². The van der Waals surface area contributed by atoms with Crippen molar-refractivity contribution in [1.29, 1.82) is 0 Å². The Morgan fingerprint density at radius 3 is 3.00 bits per heavy atom. The van der Waals surface area contributed by atoms with Gasteiger partial charge in [0.1, 0.15) is 5.71 Å². The first-order chi connectivity index (χ1) is 11.1. The fourth-order valence-corrected chi connectivity index (χ4v) is 3.42. The largest absolute Gasteiger partial charge is 0.451 e. The number of hydrazone groups is 1. The van der Waals surface area contributed by atoms with E-state index in [9.17, 15) is 14.4 Å². The topological polar surface area (TPSA) is 96.9 Å². The molecule has 7 nitrogen and oxygen atoms in total. The molecular weight excluding hydrogens is 338 g/mol. The van der Waals surface area contributed by atoms with Gasteiger partial charge in [0.05, 0.1) is 0 Å². The molecule has 1 aromatic heterocycles. The summed E-state index contributed by atoms with van der Waals surface area (Å²) in [6, 6.07) is 4.09. The Morgan fingerprint density at radius 2 is 2.30 bits per heavy atom. The maximum Gasteiger partial charge on any atom is 0.355 e. The summed E-state index contributed by atoms with van der Waals surface area (Å²) in [5.41, 5.74) is 2.33. The molecule has 1 aliphatic rings. The molecule has 2 amide bonds. The van der Waals surface area contributed by atoms with Crippen molar-refractivity contribution in [3.8, 4) is 0 Å². The zero-order valence-corrected chi connectivity index (χ0v) is 14.0. The summed E-state index contributed by atoms with van der Waals surface area (Å²) in [7, 11) is 0. The lowest BCUT2D eigenvalue weighted by Gasteiger charge is -2.11. The zero-order valence-electron chi connectivity index (χ0n) is 12.4. The molecule has 0 unspecified atom stereocenters. The minimum atomic E-state index is -0.674. The number of hydrogen-bond acceptors (Lipinski definition) is 7. The van der Waals surface area contributed by atoms with Gasteiger partial charge in [-0.05, 0) is 11.4 Å². The number of thiophene rings is 1. The number of amides is 2. The minimum absolute atomic E-state index is 0.129. The molecule has 0 aliphatic carbocycles. The van der Waals surface area contributed by atoms with Crippen LogP contribution in [0.25, 0.3) is 0 Å². The van der Waals surface area contributed by atoms with E-state index in [1.54, 1.807) is 23.1 Å². The van der Waals surface area contributed by atoms with Crippen LogP contribution in [-0.2, 0) is 24.9 Å². The van der Waals surface area contributed by atoms with E-state index < -0.39 is 5.97 Å². The highest BCUT2D eigenvalue weighted by atomic mass is 32.2. The molecule has 0 spiro atoms. The van der Waals surface area contributed by atoms with E-state index in [0.717, 1.165) is 11.5 Å². The molecule has 2 N–H and O–H groups in total. The second-order valence-corrected chi connectivity index (χ2v) is 6.79. The highest BCUT2D eigenvalue weighted by molar-refractivity contribution is 7.98. The Hall–Kier alpha value is -1.87. The van der Waals surface area contributed by atoms with Gasteiger partial charge >= 0.3 is 5.97 Å². The summed E-state index contributed by atoms with van der Waals surface area (Å²) >= 11 is 3.44. The van der Waals surface area contributed by atoms with Crippen LogP contribution in [0.5, 0.6) is 0 Å². The van der Waals surface area contributed by atoms with E-state index in [-0.39, 0.29) is 37.0 Å². The molecule has 9 heteroatoms. The number of thioether (sulfide) groups is 1. The number of esters is 1. The van der Waals surface area contributed by atoms with Crippen LogP contribution in [-0.4, -0.2) is 42.4 Å². The number of nitrogens with zero attached hydrogens (tertiary/aromatic N) is 1. The number of nitrogens with one attached hydrogen (secondary N) is 2. The lowest BCUT2D eigenvalue weighted by molar-refractivity contribution is -0.142. The summed E-state index contributed by atoms with van der Waals surface area (Å²) in [4.78, 5) is 35.4. The van der Waals surface area contributed by atoms with Crippen molar-refractivity contribution < 1.29 is 19.1 Å². The summed E-state index contributed by atoms with van der Waals surface area (Å²) in [6.07, 6.45) is 0.424. The lowest BCUT2D eigenvalue weighted by Crippen LogP contribution is -2.34. The van der Waals surface area contributed by atoms with Crippen molar-refractivity contribution >= 4 is 46.6 Å². The minimum Gasteiger partial charge on any atom is -0.451 e. The number of rotatable bonds is 8. The van der Waals surface area contributed by atoms with Gasteiger partial charge in [0, 0.05) is 35.8 Å². The third-order valence-corrected chi connectivity index (χ3v) is 4.93. The van der Waals surface area contributed by atoms with Crippen LogP contribution in [0.2, 0.25) is 0 Å². The maximum absolute atomic E-state index is 11.6. The Balaban J connectivity index is 1.54. The van der Waals surface area contributed by atoms with Crippen molar-refractivity contribution in [2.75, 3.05) is 18.9 Å². The second-order valence-electron chi connectivity index (χ2n) is 4.65. The maximum atomic E-state index is 11.6. The molecule has 1 aromatic rings. The van der Waals surface area contributed by atoms with Crippen LogP contribution in [0, 0.1) is 0 Å². The second kappa shape index (κ2) is 9.31. The molecule has 0 radical (unpaired) electrons. The average molecular weight is 355 g/mol. The van der Waals surface area contributed by atoms with Crippen LogP contribution in [0.4, 0.5) is 0 Å². The van der Waals surface area contributed by atoms with Crippen molar-refractivity contribution in [2.45, 2.75) is 18.6 Å². The smallest absolute Gasteiger partial charge is 0.355 e. The number of carbonyl (C=O) groups is 3. The zero-order chi connectivity index (χ0) is 16.5. The standard InChI is InChI=1S/C14H17N3O4S2/c18-12-4-3-11(16-17-12)14(20)21-8-13(19)15-5-7-22-9-10-2-1-6-23-10/h1-2,6H,3-5,7-9H2,(H,15,19)(H,17,18). The van der Waals surface area contributed by atoms with Crippen LogP contribution < -0.4 is 10.7 Å². The van der Waals surface area contributed by atoms with E-state index in [1.807, 2.05) is 11.4 Å². The van der Waals surface area contributed by atoms with E-state index in [0.29, 0.717) is 6.54 Å². The van der Waals surface area contributed by atoms with Gasteiger partial charge in [0.25, 0.3) is 5.91 Å². The van der Waals surface area contributed by atoms with Gasteiger partial charge in [-0.3, -0.25) is 9.59 Å². The summed E-state index contributed by atoms with van der Waals surface area (Å²) in [5.74, 6) is 0.451. The average Bonchev–Trinajstić information content (AvgIpc) is 3.06. The molecule has 23 heavy (non-hydrogen) atoms. The third-order valence-electron chi connectivity index (χ3n) is 2.87. The summed E-state index contributed by atoms with van der Waals surface area (Å²) in [5, 5.41) is 8.33. The Kier molecular flexibility index (Phi) is 7.08. The first kappa shape index (κ1) is 17.5. The van der Waals surface area contributed by atoms with Crippen molar-refractivity contribution in [1.82, 2.24) is 10.7 Å². The third kappa shape index (κ3) is 6.41. The molecule has 2 heterocycles. The Bertz CT molecular complexity index is 587. The molecular formula is C14H17N3O4S2. The normalized spacial score (nSPS) is 13.9. The summed E-state index contributed by atoms with van der Waals surface area (Å²) in [6.45, 7) is 0.171. The van der Waals surface area contributed by atoms with Gasteiger partial charge in [-0.1, -0.05) is 6.07 Å². The Labute approximate surface area is 141 Å². The summed E-state index contributed by atoms with van der Waals surface area (Å²) < 4.78 is 4.86. The van der Waals surface area contributed by atoms with Crippen LogP contribution >= 0.6 is 23.1 Å². The molecule has 0 bridgehead atoms. The number of hydrogen-bond donors (Lipinski definition) is 2. The van der Waals surface area contributed by atoms with Gasteiger partial charge < -0.3 is 10.1 Å². The number of ether oxygens (including phenoxy) is 1. The molecule has 1 aliphatic heterocycles. The molecule has 124 valence electrons. The van der Waals surface area contributed by atoms with Gasteiger partial charge in [-0.2, -0.15) is 16.9 Å². The van der Waals surface area contributed by atoms with E-state index in [1.165, 1.54) is 4.88 Å². The van der Waals surface area contributed by atoms with Crippen molar-refractivity contribution in [2.24, 2.45) is 5.10 Å². The van der Waals surface area contributed by atoms with Gasteiger partial charge in [0.2, 0.25) is 5.91 Å². The molecule has 0 aromatic carbocycles. The van der Waals surface area contributed by atoms with Crippen LogP contribution in [0.15, 0.2) is 22.6 Å². The predicted octanol–water partition coefficient (Wildman–Crippen LogP) is 0.907. The van der Waals surface area contributed by atoms with Crippen LogP contribution in [0.3, 0.4) is 0 Å². The SMILES string of the molecule is O=C(COC(=O)C1=NNC(=O)CC1)NCCSCc1cccs1. The quantitative estimate of drug-likeness (QED) is 0.534. The van der Waals surface area contributed by atoms with Gasteiger partial charge in [0.15, 0.2) is 6.61 Å². The predicted molar refractivity (Wildman–Crippen MR) is 89.3 cm³/mol. The monoisotopic (exact) mass is 355 g/mol.